The average Bonchev–Trinajstić information content (AvgIpc) is 2.52. The lowest BCUT2D eigenvalue weighted by Crippen LogP contribution is -2.40. The van der Waals surface area contributed by atoms with Gasteiger partial charge in [0, 0.05) is 45.9 Å². The van der Waals surface area contributed by atoms with E-state index in [1.807, 2.05) is 0 Å². The maximum atomic E-state index is 5.43. The molecule has 0 aromatic carbocycles. The first-order valence-corrected chi connectivity index (χ1v) is 8.82. The fourth-order valence-corrected chi connectivity index (χ4v) is 2.56. The molecule has 0 bridgehead atoms. The minimum atomic E-state index is 0. The molecule has 0 aliphatic carbocycles. The number of hydrogen-bond acceptors (Lipinski definition) is 3. The fraction of sp³-hybridized carbons (Fsp3) is 0.941. The Bertz CT molecular complexity index is 320. The van der Waals surface area contributed by atoms with Crippen LogP contribution in [0.3, 0.4) is 0 Å². The highest BCUT2D eigenvalue weighted by Crippen LogP contribution is 2.18. The maximum Gasteiger partial charge on any atom is 0.193 e. The molecule has 1 aliphatic heterocycles. The van der Waals surface area contributed by atoms with Gasteiger partial charge >= 0.3 is 0 Å². The summed E-state index contributed by atoms with van der Waals surface area (Å²) in [7, 11) is 4.30. The van der Waals surface area contributed by atoms with Gasteiger partial charge in [-0.15, -0.1) is 24.0 Å². The Morgan fingerprint density at radius 2 is 1.87 bits per heavy atom. The summed E-state index contributed by atoms with van der Waals surface area (Å²) in [4.78, 5) is 9.37. The Labute approximate surface area is 160 Å². The van der Waals surface area contributed by atoms with Crippen molar-refractivity contribution in [1.82, 2.24) is 15.1 Å². The van der Waals surface area contributed by atoms with Gasteiger partial charge in [0.25, 0.3) is 0 Å². The third-order valence-electron chi connectivity index (χ3n) is 4.51. The van der Waals surface area contributed by atoms with Gasteiger partial charge < -0.3 is 19.9 Å². The second-order valence-corrected chi connectivity index (χ2v) is 6.58. The van der Waals surface area contributed by atoms with Gasteiger partial charge in [0.05, 0.1) is 6.54 Å². The molecule has 0 amide bonds. The first-order chi connectivity index (χ1) is 10.5. The van der Waals surface area contributed by atoms with Crippen molar-refractivity contribution in [2.75, 3.05) is 53.5 Å². The first kappa shape index (κ1) is 22.9. The Hall–Kier alpha value is -0.0800. The summed E-state index contributed by atoms with van der Waals surface area (Å²) in [6.45, 7) is 12.3. The fourth-order valence-electron chi connectivity index (χ4n) is 2.56. The zero-order valence-electron chi connectivity index (χ0n) is 15.7. The summed E-state index contributed by atoms with van der Waals surface area (Å²) in [6.07, 6.45) is 3.65. The van der Waals surface area contributed by atoms with Crippen molar-refractivity contribution >= 4 is 29.9 Å². The van der Waals surface area contributed by atoms with E-state index in [-0.39, 0.29) is 24.0 Å². The topological polar surface area (TPSA) is 40.1 Å². The number of likely N-dealkylation sites (N-methyl/N-ethyl adjacent to an activating group) is 1. The highest BCUT2D eigenvalue weighted by molar-refractivity contribution is 14.0. The number of hydrogen-bond donors (Lipinski definition) is 1. The monoisotopic (exact) mass is 440 g/mol. The molecule has 0 spiro atoms. The molecule has 0 saturated carbocycles. The van der Waals surface area contributed by atoms with Crippen LogP contribution >= 0.6 is 24.0 Å². The highest BCUT2D eigenvalue weighted by Gasteiger charge is 2.15. The van der Waals surface area contributed by atoms with Crippen LogP contribution in [-0.2, 0) is 4.74 Å². The lowest BCUT2D eigenvalue weighted by atomic mass is 9.96. The van der Waals surface area contributed by atoms with E-state index in [2.05, 4.69) is 50.0 Å². The molecular weight excluding hydrogens is 403 g/mol. The van der Waals surface area contributed by atoms with Crippen molar-refractivity contribution in [3.05, 3.63) is 0 Å². The van der Waals surface area contributed by atoms with E-state index in [0.717, 1.165) is 51.3 Å². The first-order valence-electron chi connectivity index (χ1n) is 8.82. The van der Waals surface area contributed by atoms with E-state index in [1.165, 1.54) is 19.3 Å². The van der Waals surface area contributed by atoms with Crippen LogP contribution in [0.4, 0.5) is 0 Å². The zero-order chi connectivity index (χ0) is 16.4. The average molecular weight is 440 g/mol. The molecule has 0 radical (unpaired) electrons. The Morgan fingerprint density at radius 3 is 2.43 bits per heavy atom. The standard InChI is InChI=1S/C17H36N4O.HI/c1-6-18-17(19-10-12-20(4)15(2)3)21(5)11-7-16-8-13-22-14-9-16;/h15-16H,6-14H2,1-5H3,(H,18,19);1H. The largest absolute Gasteiger partial charge is 0.381 e. The molecule has 0 aromatic rings. The van der Waals surface area contributed by atoms with Crippen LogP contribution in [0.25, 0.3) is 0 Å². The van der Waals surface area contributed by atoms with Crippen LogP contribution in [0.1, 0.15) is 40.0 Å². The number of ether oxygens (including phenoxy) is 1. The van der Waals surface area contributed by atoms with Gasteiger partial charge in [0.2, 0.25) is 0 Å². The van der Waals surface area contributed by atoms with Crippen LogP contribution < -0.4 is 5.32 Å². The third-order valence-corrected chi connectivity index (χ3v) is 4.51. The molecule has 1 N–H and O–H groups in total. The van der Waals surface area contributed by atoms with Crippen molar-refractivity contribution in [2.24, 2.45) is 10.9 Å². The minimum absolute atomic E-state index is 0. The second-order valence-electron chi connectivity index (χ2n) is 6.58. The molecule has 6 heteroatoms. The van der Waals surface area contributed by atoms with Crippen LogP contribution in [0.15, 0.2) is 4.99 Å². The molecule has 0 unspecified atom stereocenters. The Kier molecular flexibility index (Phi) is 13.2. The molecule has 1 heterocycles. The van der Waals surface area contributed by atoms with Gasteiger partial charge in [-0.3, -0.25) is 4.99 Å². The van der Waals surface area contributed by atoms with Crippen molar-refractivity contribution < 1.29 is 4.74 Å². The van der Waals surface area contributed by atoms with Crippen molar-refractivity contribution in [3.8, 4) is 0 Å². The lowest BCUT2D eigenvalue weighted by Gasteiger charge is -2.27. The quantitative estimate of drug-likeness (QED) is 0.358. The van der Waals surface area contributed by atoms with Crippen molar-refractivity contribution in [3.63, 3.8) is 0 Å². The van der Waals surface area contributed by atoms with Crippen molar-refractivity contribution in [1.29, 1.82) is 0 Å². The summed E-state index contributed by atoms with van der Waals surface area (Å²) in [5, 5.41) is 3.41. The minimum Gasteiger partial charge on any atom is -0.381 e. The summed E-state index contributed by atoms with van der Waals surface area (Å²) in [6, 6.07) is 0.573. The predicted molar refractivity (Wildman–Crippen MR) is 110 cm³/mol. The normalized spacial score (nSPS) is 16.6. The predicted octanol–water partition coefficient (Wildman–Crippen LogP) is 2.66. The Morgan fingerprint density at radius 1 is 1.22 bits per heavy atom. The van der Waals surface area contributed by atoms with Gasteiger partial charge in [-0.1, -0.05) is 0 Å². The van der Waals surface area contributed by atoms with Gasteiger partial charge in [-0.05, 0) is 53.0 Å². The van der Waals surface area contributed by atoms with Crippen LogP contribution in [0.5, 0.6) is 0 Å². The number of nitrogens with zero attached hydrogens (tertiary/aromatic N) is 3. The van der Waals surface area contributed by atoms with Crippen LogP contribution in [0.2, 0.25) is 0 Å². The second kappa shape index (κ2) is 13.2. The maximum absolute atomic E-state index is 5.43. The zero-order valence-corrected chi connectivity index (χ0v) is 18.0. The molecule has 1 fully saturated rings. The van der Waals surface area contributed by atoms with Gasteiger partial charge in [-0.2, -0.15) is 0 Å². The van der Waals surface area contributed by atoms with E-state index in [0.29, 0.717) is 6.04 Å². The summed E-state index contributed by atoms with van der Waals surface area (Å²) < 4.78 is 5.43. The van der Waals surface area contributed by atoms with E-state index in [4.69, 9.17) is 9.73 Å². The molecule has 1 aliphatic rings. The number of halogens is 1. The summed E-state index contributed by atoms with van der Waals surface area (Å²) >= 11 is 0. The molecule has 0 aromatic heterocycles. The summed E-state index contributed by atoms with van der Waals surface area (Å²) in [5.41, 5.74) is 0. The van der Waals surface area contributed by atoms with E-state index in [1.54, 1.807) is 0 Å². The molecule has 138 valence electrons. The lowest BCUT2D eigenvalue weighted by molar-refractivity contribution is 0.0625. The van der Waals surface area contributed by atoms with Gasteiger partial charge in [-0.25, -0.2) is 0 Å². The van der Waals surface area contributed by atoms with Crippen LogP contribution in [0, 0.1) is 5.92 Å². The molecule has 1 saturated heterocycles. The number of aliphatic imine (C=N–C) groups is 1. The highest BCUT2D eigenvalue weighted by atomic mass is 127. The molecule has 5 nitrogen and oxygen atoms in total. The van der Waals surface area contributed by atoms with E-state index in [9.17, 15) is 0 Å². The van der Waals surface area contributed by atoms with Crippen LogP contribution in [-0.4, -0.2) is 75.3 Å². The molecule has 0 atom stereocenters. The van der Waals surface area contributed by atoms with E-state index < -0.39 is 0 Å². The number of guanidine groups is 1. The molecule has 23 heavy (non-hydrogen) atoms. The molecule has 1 rings (SSSR count). The Balaban J connectivity index is 0.00000484. The third kappa shape index (κ3) is 9.72. The molecular formula is C17H37IN4O. The van der Waals surface area contributed by atoms with Gasteiger partial charge in [0.15, 0.2) is 5.96 Å². The smallest absolute Gasteiger partial charge is 0.193 e. The SMILES string of the molecule is CCNC(=NCCN(C)C(C)C)N(C)CCC1CCOCC1.I. The number of rotatable bonds is 8. The summed E-state index contributed by atoms with van der Waals surface area (Å²) in [5.74, 6) is 1.85. The van der Waals surface area contributed by atoms with E-state index >= 15 is 0 Å². The van der Waals surface area contributed by atoms with Gasteiger partial charge in [0.1, 0.15) is 0 Å². The van der Waals surface area contributed by atoms with Crippen molar-refractivity contribution in [2.45, 2.75) is 46.1 Å². The number of nitrogens with one attached hydrogen (secondary N) is 1.